The van der Waals surface area contributed by atoms with Gasteiger partial charge < -0.3 is 9.80 Å². The van der Waals surface area contributed by atoms with E-state index >= 15 is 0 Å². The summed E-state index contributed by atoms with van der Waals surface area (Å²) in [4.78, 5) is 13.9. The van der Waals surface area contributed by atoms with E-state index in [4.69, 9.17) is 11.6 Å². The van der Waals surface area contributed by atoms with Crippen LogP contribution in [-0.4, -0.2) is 43.9 Å². The standard InChI is InChI=1S/C16H15ClN6S/c1-9-18-15-14(20-24-21-15)16(19-9)23-8-12-6-13(23)7-22(12)11-4-2-10(17)3-5-11/h2-5,12-13H,6-8H2,1H3/t12-,13-/m0/s1. The summed E-state index contributed by atoms with van der Waals surface area (Å²) in [6.07, 6.45) is 1.14. The van der Waals surface area contributed by atoms with Crippen molar-refractivity contribution in [3.63, 3.8) is 0 Å². The molecule has 2 bridgehead atoms. The molecule has 2 aromatic heterocycles. The molecule has 122 valence electrons. The first kappa shape index (κ1) is 14.4. The third-order valence-corrected chi connectivity index (χ3v) is 5.66. The zero-order chi connectivity index (χ0) is 16.3. The Morgan fingerprint density at radius 1 is 1.04 bits per heavy atom. The summed E-state index contributed by atoms with van der Waals surface area (Å²) < 4.78 is 8.68. The first-order chi connectivity index (χ1) is 11.7. The van der Waals surface area contributed by atoms with E-state index < -0.39 is 0 Å². The van der Waals surface area contributed by atoms with Crippen LogP contribution in [0.3, 0.4) is 0 Å². The van der Waals surface area contributed by atoms with Gasteiger partial charge >= 0.3 is 0 Å². The molecule has 2 aliphatic heterocycles. The van der Waals surface area contributed by atoms with Crippen LogP contribution in [0.5, 0.6) is 0 Å². The lowest BCUT2D eigenvalue weighted by Crippen LogP contribution is -2.47. The molecule has 0 amide bonds. The van der Waals surface area contributed by atoms with Crippen molar-refractivity contribution >= 4 is 46.0 Å². The van der Waals surface area contributed by atoms with Crippen molar-refractivity contribution in [1.29, 1.82) is 0 Å². The van der Waals surface area contributed by atoms with Crippen LogP contribution in [-0.2, 0) is 0 Å². The average Bonchev–Trinajstić information content (AvgIpc) is 3.29. The number of benzene rings is 1. The Morgan fingerprint density at radius 2 is 1.79 bits per heavy atom. The second kappa shape index (κ2) is 5.26. The van der Waals surface area contributed by atoms with Crippen molar-refractivity contribution in [3.8, 4) is 0 Å². The lowest BCUT2D eigenvalue weighted by Gasteiger charge is -2.36. The van der Waals surface area contributed by atoms with Gasteiger partial charge in [-0.1, -0.05) is 11.6 Å². The largest absolute Gasteiger partial charge is 0.365 e. The van der Waals surface area contributed by atoms with Crippen LogP contribution >= 0.6 is 23.3 Å². The Balaban J connectivity index is 1.46. The summed E-state index contributed by atoms with van der Waals surface area (Å²) in [6.45, 7) is 3.86. The highest BCUT2D eigenvalue weighted by Gasteiger charge is 2.44. The summed E-state index contributed by atoms with van der Waals surface area (Å²) in [5, 5.41) is 0.777. The van der Waals surface area contributed by atoms with Crippen LogP contribution in [0, 0.1) is 6.92 Å². The van der Waals surface area contributed by atoms with Crippen molar-refractivity contribution in [3.05, 3.63) is 35.1 Å². The molecule has 0 spiro atoms. The first-order valence-electron chi connectivity index (χ1n) is 7.95. The Morgan fingerprint density at radius 3 is 2.54 bits per heavy atom. The predicted octanol–water partition coefficient (Wildman–Crippen LogP) is 2.91. The predicted molar refractivity (Wildman–Crippen MR) is 96.1 cm³/mol. The molecule has 0 unspecified atom stereocenters. The number of rotatable bonds is 2. The topological polar surface area (TPSA) is 58.0 Å². The fraction of sp³-hybridized carbons (Fsp3) is 0.375. The number of hydrogen-bond donors (Lipinski definition) is 0. The second-order valence-corrected chi connectivity index (χ2v) is 7.32. The van der Waals surface area contributed by atoms with Crippen molar-refractivity contribution in [2.45, 2.75) is 25.4 Å². The number of hydrogen-bond acceptors (Lipinski definition) is 7. The van der Waals surface area contributed by atoms with Gasteiger partial charge in [0.2, 0.25) is 0 Å². The van der Waals surface area contributed by atoms with E-state index in [9.17, 15) is 0 Å². The summed E-state index contributed by atoms with van der Waals surface area (Å²) >= 11 is 7.21. The zero-order valence-corrected chi connectivity index (χ0v) is 14.6. The Bertz CT molecular complexity index is 911. The van der Waals surface area contributed by atoms with Crippen LogP contribution in [0.25, 0.3) is 11.2 Å². The lowest BCUT2D eigenvalue weighted by molar-refractivity contribution is 0.641. The molecule has 0 saturated carbocycles. The minimum atomic E-state index is 0.449. The molecule has 2 aliphatic rings. The summed E-state index contributed by atoms with van der Waals surface area (Å²) in [7, 11) is 0. The van der Waals surface area contributed by atoms with Crippen molar-refractivity contribution in [2.24, 2.45) is 0 Å². The van der Waals surface area contributed by atoms with E-state index in [-0.39, 0.29) is 0 Å². The number of piperazine rings is 1. The third-order valence-electron chi connectivity index (χ3n) is 4.89. The van der Waals surface area contributed by atoms with Gasteiger partial charge in [0.1, 0.15) is 5.82 Å². The van der Waals surface area contributed by atoms with Gasteiger partial charge in [-0.05, 0) is 37.6 Å². The normalized spacial score (nSPS) is 22.8. The fourth-order valence-electron chi connectivity index (χ4n) is 3.86. The Kier molecular flexibility index (Phi) is 3.14. The number of anilines is 2. The SMILES string of the molecule is Cc1nc(N2C[C@@H]3C[C@H]2CN3c2ccc(Cl)cc2)c2nsnc2n1. The molecule has 0 aliphatic carbocycles. The fourth-order valence-corrected chi connectivity index (χ4v) is 4.47. The number of fused-ring (bicyclic) bond motifs is 3. The van der Waals surface area contributed by atoms with E-state index in [0.717, 1.165) is 41.7 Å². The van der Waals surface area contributed by atoms with Gasteiger partial charge in [0.25, 0.3) is 0 Å². The highest BCUT2D eigenvalue weighted by Crippen LogP contribution is 2.38. The summed E-state index contributed by atoms with van der Waals surface area (Å²) in [5.41, 5.74) is 2.78. The van der Waals surface area contributed by atoms with Gasteiger partial charge in [0, 0.05) is 29.8 Å². The highest BCUT2D eigenvalue weighted by atomic mass is 35.5. The molecule has 2 atom stereocenters. The number of aromatic nitrogens is 4. The van der Waals surface area contributed by atoms with Gasteiger partial charge in [0.15, 0.2) is 17.0 Å². The quantitative estimate of drug-likeness (QED) is 0.702. The van der Waals surface area contributed by atoms with Gasteiger partial charge in [0.05, 0.1) is 17.8 Å². The van der Waals surface area contributed by atoms with Gasteiger partial charge in [-0.25, -0.2) is 9.97 Å². The molecule has 0 N–H and O–H groups in total. The summed E-state index contributed by atoms with van der Waals surface area (Å²) in [6, 6.07) is 9.06. The minimum Gasteiger partial charge on any atom is -0.365 e. The molecule has 8 heteroatoms. The zero-order valence-electron chi connectivity index (χ0n) is 13.1. The molecule has 2 saturated heterocycles. The second-order valence-electron chi connectivity index (χ2n) is 6.36. The third kappa shape index (κ3) is 2.15. The minimum absolute atomic E-state index is 0.449. The first-order valence-corrected chi connectivity index (χ1v) is 9.05. The van der Waals surface area contributed by atoms with Crippen LogP contribution in [0.1, 0.15) is 12.2 Å². The highest BCUT2D eigenvalue weighted by molar-refractivity contribution is 7.00. The van der Waals surface area contributed by atoms with Gasteiger partial charge in [-0.15, -0.1) is 0 Å². The van der Waals surface area contributed by atoms with Crippen LogP contribution in [0.2, 0.25) is 5.02 Å². The molecule has 6 nitrogen and oxygen atoms in total. The van der Waals surface area contributed by atoms with E-state index in [1.165, 1.54) is 17.4 Å². The molecular weight excluding hydrogens is 344 g/mol. The van der Waals surface area contributed by atoms with Crippen LogP contribution in [0.4, 0.5) is 11.5 Å². The van der Waals surface area contributed by atoms with Crippen molar-refractivity contribution in [2.75, 3.05) is 22.9 Å². The molecule has 1 aromatic carbocycles. The monoisotopic (exact) mass is 358 g/mol. The number of aryl methyl sites for hydroxylation is 1. The molecule has 5 rings (SSSR count). The molecule has 0 radical (unpaired) electrons. The maximum absolute atomic E-state index is 6.01. The number of nitrogens with zero attached hydrogens (tertiary/aromatic N) is 6. The average molecular weight is 359 g/mol. The Hall–Kier alpha value is -1.99. The van der Waals surface area contributed by atoms with Gasteiger partial charge in [-0.2, -0.15) is 8.75 Å². The van der Waals surface area contributed by atoms with Gasteiger partial charge in [-0.3, -0.25) is 0 Å². The van der Waals surface area contributed by atoms with E-state index in [1.54, 1.807) is 0 Å². The van der Waals surface area contributed by atoms with E-state index in [1.807, 2.05) is 19.1 Å². The van der Waals surface area contributed by atoms with Crippen molar-refractivity contribution < 1.29 is 0 Å². The van der Waals surface area contributed by atoms with Crippen molar-refractivity contribution in [1.82, 2.24) is 18.7 Å². The maximum Gasteiger partial charge on any atom is 0.198 e. The van der Waals surface area contributed by atoms with Crippen LogP contribution < -0.4 is 9.80 Å². The van der Waals surface area contributed by atoms with E-state index in [0.29, 0.717) is 17.7 Å². The molecular formula is C16H15ClN6S. The van der Waals surface area contributed by atoms with E-state index in [2.05, 4.69) is 40.6 Å². The lowest BCUT2D eigenvalue weighted by atomic mass is 10.2. The molecule has 24 heavy (non-hydrogen) atoms. The van der Waals surface area contributed by atoms with Crippen LogP contribution in [0.15, 0.2) is 24.3 Å². The number of halogens is 1. The summed E-state index contributed by atoms with van der Waals surface area (Å²) in [5.74, 6) is 1.69. The smallest absolute Gasteiger partial charge is 0.198 e. The molecule has 2 fully saturated rings. The molecule has 4 heterocycles. The Labute approximate surface area is 148 Å². The maximum atomic E-state index is 6.01. The molecule has 3 aromatic rings.